The van der Waals surface area contributed by atoms with E-state index in [9.17, 15) is 8.42 Å². The largest absolute Gasteiger partial charge is 0.240 e. The van der Waals surface area contributed by atoms with Gasteiger partial charge in [0.25, 0.3) is 0 Å². The van der Waals surface area contributed by atoms with Crippen LogP contribution in [0, 0.1) is 0 Å². The zero-order chi connectivity index (χ0) is 10.2. The number of hydrogen-bond donors (Lipinski definition) is 1. The molecule has 0 saturated heterocycles. The molecule has 2 N–H and O–H groups in total. The van der Waals surface area contributed by atoms with Crippen LogP contribution in [0.25, 0.3) is 0 Å². The van der Waals surface area contributed by atoms with Crippen molar-refractivity contribution in [3.63, 3.8) is 0 Å². The molecule has 1 aromatic rings. The minimum Gasteiger partial charge on any atom is -0.225 e. The third-order valence-electron chi connectivity index (χ3n) is 1.29. The molecule has 0 aliphatic heterocycles. The Morgan fingerprint density at radius 1 is 1.08 bits per heavy atom. The second-order valence-corrected chi connectivity index (χ2v) is 6.22. The van der Waals surface area contributed by atoms with Crippen molar-refractivity contribution in [2.75, 3.05) is 0 Å². The Morgan fingerprint density at radius 3 is 1.92 bits per heavy atom. The van der Waals surface area contributed by atoms with Crippen molar-refractivity contribution in [1.29, 1.82) is 0 Å². The van der Waals surface area contributed by atoms with Gasteiger partial charge >= 0.3 is 0 Å². The Hall–Kier alpha value is 0.570. The van der Waals surface area contributed by atoms with Gasteiger partial charge in [0, 0.05) is 8.95 Å². The molecule has 72 valence electrons. The lowest BCUT2D eigenvalue weighted by Gasteiger charge is -2.05. The van der Waals surface area contributed by atoms with Crippen LogP contribution in [0.1, 0.15) is 0 Å². The summed E-state index contributed by atoms with van der Waals surface area (Å²) < 4.78 is 23.7. The summed E-state index contributed by atoms with van der Waals surface area (Å²) >= 11 is 9.42. The molecule has 0 atom stereocenters. The van der Waals surface area contributed by atoms with Crippen LogP contribution >= 0.6 is 47.8 Å². The molecule has 0 aliphatic rings. The minimum absolute atomic E-state index is 0.0434. The van der Waals surface area contributed by atoms with Crippen molar-refractivity contribution in [1.82, 2.24) is 0 Å². The standard InChI is InChI=1S/C6H4Br3NO2S/c7-3-1-2-4(8)6(5(3)9)13(10,11)12/h1-2H,(H2,10,11,12). The van der Waals surface area contributed by atoms with Gasteiger partial charge in [-0.3, -0.25) is 0 Å². The van der Waals surface area contributed by atoms with Gasteiger partial charge in [-0.2, -0.15) is 0 Å². The highest BCUT2D eigenvalue weighted by Gasteiger charge is 2.18. The number of sulfonamides is 1. The molecule has 1 aromatic carbocycles. The number of halogens is 3. The van der Waals surface area contributed by atoms with Gasteiger partial charge in [0.15, 0.2) is 0 Å². The van der Waals surface area contributed by atoms with Crippen LogP contribution in [0.3, 0.4) is 0 Å². The zero-order valence-electron chi connectivity index (χ0n) is 6.09. The SMILES string of the molecule is NS(=O)(=O)c1c(Br)ccc(Br)c1Br. The maximum Gasteiger partial charge on any atom is 0.240 e. The van der Waals surface area contributed by atoms with Crippen molar-refractivity contribution < 1.29 is 8.42 Å². The summed E-state index contributed by atoms with van der Waals surface area (Å²) in [5, 5.41) is 5.02. The fourth-order valence-corrected chi connectivity index (χ4v) is 4.23. The second kappa shape index (κ2) is 3.98. The average Bonchev–Trinajstić information content (AvgIpc) is 1.95. The highest BCUT2D eigenvalue weighted by Crippen LogP contribution is 2.34. The molecule has 0 saturated carbocycles. The molecule has 13 heavy (non-hydrogen) atoms. The van der Waals surface area contributed by atoms with Crippen LogP contribution in [0.4, 0.5) is 0 Å². The molecule has 1 rings (SSSR count). The van der Waals surface area contributed by atoms with Crippen molar-refractivity contribution in [3.8, 4) is 0 Å². The zero-order valence-corrected chi connectivity index (χ0v) is 11.7. The number of primary sulfonamides is 1. The molecule has 0 unspecified atom stereocenters. The lowest BCUT2D eigenvalue weighted by molar-refractivity contribution is 0.596. The smallest absolute Gasteiger partial charge is 0.225 e. The molecular formula is C6H4Br3NO2S. The third-order valence-corrected chi connectivity index (χ3v) is 5.48. The molecule has 0 amide bonds. The van der Waals surface area contributed by atoms with Gasteiger partial charge in [0.05, 0.1) is 4.47 Å². The number of rotatable bonds is 1. The van der Waals surface area contributed by atoms with E-state index in [0.29, 0.717) is 13.4 Å². The van der Waals surface area contributed by atoms with Crippen molar-refractivity contribution in [3.05, 3.63) is 25.6 Å². The van der Waals surface area contributed by atoms with Crippen LogP contribution < -0.4 is 5.14 Å². The average molecular weight is 394 g/mol. The first-order chi connectivity index (χ1) is 5.84. The van der Waals surface area contributed by atoms with Gasteiger partial charge in [-0.15, -0.1) is 0 Å². The number of benzene rings is 1. The molecule has 0 fully saturated rings. The van der Waals surface area contributed by atoms with Gasteiger partial charge in [-0.05, 0) is 59.9 Å². The van der Waals surface area contributed by atoms with E-state index in [4.69, 9.17) is 5.14 Å². The van der Waals surface area contributed by atoms with Crippen molar-refractivity contribution >= 4 is 57.8 Å². The van der Waals surface area contributed by atoms with Gasteiger partial charge < -0.3 is 0 Å². The summed E-state index contributed by atoms with van der Waals surface area (Å²) in [6.07, 6.45) is 0. The van der Waals surface area contributed by atoms with E-state index in [0.717, 1.165) is 0 Å². The summed E-state index contributed by atoms with van der Waals surface area (Å²) in [5.41, 5.74) is 0. The quantitative estimate of drug-likeness (QED) is 0.745. The molecule has 0 heterocycles. The summed E-state index contributed by atoms with van der Waals surface area (Å²) in [6.45, 7) is 0. The van der Waals surface area contributed by atoms with E-state index in [2.05, 4.69) is 47.8 Å². The Labute approximate surface area is 101 Å². The fourth-order valence-electron chi connectivity index (χ4n) is 0.769. The normalized spacial score (nSPS) is 11.7. The molecule has 3 nitrogen and oxygen atoms in total. The Kier molecular flexibility index (Phi) is 3.56. The highest BCUT2D eigenvalue weighted by molar-refractivity contribution is 9.13. The molecule has 0 radical (unpaired) electrons. The topological polar surface area (TPSA) is 60.2 Å². The predicted molar refractivity (Wildman–Crippen MR) is 60.9 cm³/mol. The van der Waals surface area contributed by atoms with Gasteiger partial charge in [0.1, 0.15) is 4.90 Å². The lowest BCUT2D eigenvalue weighted by atomic mass is 10.4. The minimum atomic E-state index is -3.71. The molecule has 0 aromatic heterocycles. The Balaban J connectivity index is 3.62. The Morgan fingerprint density at radius 2 is 1.54 bits per heavy atom. The van der Waals surface area contributed by atoms with E-state index in [1.165, 1.54) is 0 Å². The maximum atomic E-state index is 11.1. The summed E-state index contributed by atoms with van der Waals surface area (Å²) in [6, 6.07) is 3.32. The first-order valence-electron chi connectivity index (χ1n) is 3.00. The van der Waals surface area contributed by atoms with Crippen LogP contribution in [0.15, 0.2) is 30.4 Å². The van der Waals surface area contributed by atoms with Crippen molar-refractivity contribution in [2.24, 2.45) is 5.14 Å². The van der Waals surface area contributed by atoms with Gasteiger partial charge in [-0.1, -0.05) is 0 Å². The van der Waals surface area contributed by atoms with E-state index in [-0.39, 0.29) is 4.90 Å². The van der Waals surface area contributed by atoms with E-state index in [1.807, 2.05) is 0 Å². The van der Waals surface area contributed by atoms with Crippen LogP contribution in [0.2, 0.25) is 0 Å². The molecule has 0 bridgehead atoms. The van der Waals surface area contributed by atoms with Crippen molar-refractivity contribution in [2.45, 2.75) is 4.90 Å². The first-order valence-corrected chi connectivity index (χ1v) is 6.93. The molecule has 0 spiro atoms. The summed E-state index contributed by atoms with van der Waals surface area (Å²) in [4.78, 5) is 0.0434. The van der Waals surface area contributed by atoms with Crippen LogP contribution in [-0.2, 0) is 10.0 Å². The molecule has 0 aliphatic carbocycles. The monoisotopic (exact) mass is 391 g/mol. The predicted octanol–water partition coefficient (Wildman–Crippen LogP) is 2.62. The Bertz CT molecular complexity index is 443. The number of nitrogens with two attached hydrogens (primary N) is 1. The van der Waals surface area contributed by atoms with E-state index < -0.39 is 10.0 Å². The summed E-state index contributed by atoms with van der Waals surface area (Å²) in [5.74, 6) is 0. The van der Waals surface area contributed by atoms with Gasteiger partial charge in [-0.25, -0.2) is 13.6 Å². The van der Waals surface area contributed by atoms with Crippen LogP contribution in [0.5, 0.6) is 0 Å². The van der Waals surface area contributed by atoms with Crippen LogP contribution in [-0.4, -0.2) is 8.42 Å². The van der Waals surface area contributed by atoms with Gasteiger partial charge in [0.2, 0.25) is 10.0 Å². The first kappa shape index (κ1) is 11.6. The lowest BCUT2D eigenvalue weighted by Crippen LogP contribution is -2.13. The fraction of sp³-hybridized carbons (Fsp3) is 0. The molecular weight excluding hydrogens is 390 g/mol. The molecule has 7 heteroatoms. The highest BCUT2D eigenvalue weighted by atomic mass is 79.9. The maximum absolute atomic E-state index is 11.1. The van der Waals surface area contributed by atoms with E-state index in [1.54, 1.807) is 12.1 Å². The second-order valence-electron chi connectivity index (χ2n) is 2.22. The van der Waals surface area contributed by atoms with E-state index >= 15 is 0 Å². The summed E-state index contributed by atoms with van der Waals surface area (Å²) in [7, 11) is -3.71. The third kappa shape index (κ3) is 2.53. The number of hydrogen-bond acceptors (Lipinski definition) is 2.